The zero-order valence-electron chi connectivity index (χ0n) is 14.1. The van der Waals surface area contributed by atoms with Gasteiger partial charge in [-0.3, -0.25) is 9.20 Å². The van der Waals surface area contributed by atoms with Gasteiger partial charge in [0, 0.05) is 41.4 Å². The first-order valence-electron chi connectivity index (χ1n) is 8.26. The molecule has 0 aromatic carbocycles. The fourth-order valence-corrected chi connectivity index (χ4v) is 4.35. The number of hydrogen-bond donors (Lipinski definition) is 2. The van der Waals surface area contributed by atoms with E-state index in [1.807, 2.05) is 6.92 Å². The summed E-state index contributed by atoms with van der Waals surface area (Å²) in [6, 6.07) is 0.351. The third-order valence-corrected chi connectivity index (χ3v) is 5.97. The molecule has 136 valence electrons. The van der Waals surface area contributed by atoms with Gasteiger partial charge in [-0.05, 0) is 19.3 Å². The normalized spacial score (nSPS) is 30.2. The van der Waals surface area contributed by atoms with Crippen LogP contribution in [-0.2, 0) is 20.3 Å². The number of rotatable bonds is 5. The number of ether oxygens (including phenoxy) is 2. The Labute approximate surface area is 159 Å². The van der Waals surface area contributed by atoms with Gasteiger partial charge in [0.15, 0.2) is 5.96 Å². The Kier molecular flexibility index (Phi) is 10.6. The molecule has 4 unspecified atom stereocenters. The lowest BCUT2D eigenvalue weighted by Gasteiger charge is -2.31. The molecular weight excluding hydrogens is 429 g/mol. The highest BCUT2D eigenvalue weighted by molar-refractivity contribution is 14.0. The average Bonchev–Trinajstić information content (AvgIpc) is 2.59. The molecule has 2 fully saturated rings. The highest BCUT2D eigenvalue weighted by atomic mass is 127. The molecule has 1 aliphatic heterocycles. The summed E-state index contributed by atoms with van der Waals surface area (Å²) in [6.45, 7) is 4.66. The van der Waals surface area contributed by atoms with Crippen LogP contribution in [0, 0.1) is 0 Å². The molecule has 2 rings (SSSR count). The zero-order valence-corrected chi connectivity index (χ0v) is 17.2. The van der Waals surface area contributed by atoms with Gasteiger partial charge < -0.3 is 20.1 Å². The third-order valence-electron chi connectivity index (χ3n) is 4.23. The van der Waals surface area contributed by atoms with E-state index in [2.05, 4.69) is 15.6 Å². The summed E-state index contributed by atoms with van der Waals surface area (Å²) in [7, 11) is 1.08. The molecule has 1 heterocycles. The van der Waals surface area contributed by atoms with E-state index in [0.29, 0.717) is 37.7 Å². The third kappa shape index (κ3) is 7.23. The van der Waals surface area contributed by atoms with Crippen LogP contribution >= 0.6 is 24.0 Å². The van der Waals surface area contributed by atoms with Gasteiger partial charge >= 0.3 is 0 Å². The second kappa shape index (κ2) is 11.6. The average molecular weight is 459 g/mol. The minimum Gasteiger partial charge on any atom is -0.376 e. The summed E-state index contributed by atoms with van der Waals surface area (Å²) in [5, 5.41) is 7.09. The number of nitrogens with one attached hydrogen (secondary N) is 2. The SMILES string of the molecule is CCS(=O)C1CCCC(NC(=NC)NCC2COCCO2)C1.I. The van der Waals surface area contributed by atoms with E-state index in [1.165, 1.54) is 0 Å². The number of aliphatic imine (C=N–C) groups is 1. The summed E-state index contributed by atoms with van der Waals surface area (Å²) >= 11 is 0. The van der Waals surface area contributed by atoms with E-state index in [0.717, 1.165) is 37.4 Å². The van der Waals surface area contributed by atoms with Gasteiger partial charge in [-0.25, -0.2) is 0 Å². The molecule has 0 radical (unpaired) electrons. The predicted molar refractivity (Wildman–Crippen MR) is 105 cm³/mol. The monoisotopic (exact) mass is 459 g/mol. The topological polar surface area (TPSA) is 72.0 Å². The van der Waals surface area contributed by atoms with Crippen molar-refractivity contribution in [2.24, 2.45) is 4.99 Å². The first-order chi connectivity index (χ1) is 10.7. The Hall–Kier alpha value is 0.0700. The maximum Gasteiger partial charge on any atom is 0.191 e. The van der Waals surface area contributed by atoms with Crippen molar-refractivity contribution in [1.29, 1.82) is 0 Å². The fraction of sp³-hybridized carbons (Fsp3) is 0.933. The summed E-state index contributed by atoms with van der Waals surface area (Å²) in [5.74, 6) is 1.55. The molecule has 1 saturated heterocycles. The molecule has 23 heavy (non-hydrogen) atoms. The van der Waals surface area contributed by atoms with Crippen LogP contribution in [0.1, 0.15) is 32.6 Å². The predicted octanol–water partition coefficient (Wildman–Crippen LogP) is 1.26. The second-order valence-electron chi connectivity index (χ2n) is 5.82. The van der Waals surface area contributed by atoms with E-state index in [9.17, 15) is 4.21 Å². The molecule has 0 aromatic rings. The van der Waals surface area contributed by atoms with E-state index in [-0.39, 0.29) is 30.1 Å². The van der Waals surface area contributed by atoms with Crippen LogP contribution in [0.15, 0.2) is 4.99 Å². The molecule has 0 aromatic heterocycles. The molecule has 0 spiro atoms. The van der Waals surface area contributed by atoms with Crippen molar-refractivity contribution in [1.82, 2.24) is 10.6 Å². The standard InChI is InChI=1S/C15H29N3O3S.HI/c1-3-22(19)14-6-4-5-12(9-14)18-15(16-2)17-10-13-11-20-7-8-21-13;/h12-14H,3-11H2,1-2H3,(H2,16,17,18);1H. The lowest BCUT2D eigenvalue weighted by molar-refractivity contribution is -0.0850. The van der Waals surface area contributed by atoms with Gasteiger partial charge in [0.05, 0.1) is 25.9 Å². The Morgan fingerprint density at radius 1 is 1.35 bits per heavy atom. The molecule has 8 heteroatoms. The van der Waals surface area contributed by atoms with Crippen LogP contribution in [0.4, 0.5) is 0 Å². The molecular formula is C15H30IN3O3S. The molecule has 1 aliphatic carbocycles. The molecule has 0 bridgehead atoms. The van der Waals surface area contributed by atoms with Crippen molar-refractivity contribution in [3.8, 4) is 0 Å². The molecule has 4 atom stereocenters. The highest BCUT2D eigenvalue weighted by Gasteiger charge is 2.26. The molecule has 0 amide bonds. The molecule has 1 saturated carbocycles. The maximum atomic E-state index is 12.0. The van der Waals surface area contributed by atoms with Gasteiger partial charge in [0.25, 0.3) is 0 Å². The van der Waals surface area contributed by atoms with Crippen molar-refractivity contribution < 1.29 is 13.7 Å². The van der Waals surface area contributed by atoms with Crippen LogP contribution in [-0.4, -0.2) is 66.7 Å². The number of halogens is 1. The van der Waals surface area contributed by atoms with E-state index in [1.54, 1.807) is 7.05 Å². The number of guanidine groups is 1. The van der Waals surface area contributed by atoms with Crippen LogP contribution in [0.2, 0.25) is 0 Å². The van der Waals surface area contributed by atoms with E-state index < -0.39 is 10.8 Å². The lowest BCUT2D eigenvalue weighted by atomic mass is 9.95. The Morgan fingerprint density at radius 2 is 2.17 bits per heavy atom. The Bertz CT molecular complexity index is 392. The van der Waals surface area contributed by atoms with Gasteiger partial charge in [-0.2, -0.15) is 0 Å². The van der Waals surface area contributed by atoms with Crippen molar-refractivity contribution in [2.75, 3.05) is 39.2 Å². The quantitative estimate of drug-likeness (QED) is 0.368. The second-order valence-corrected chi connectivity index (χ2v) is 7.83. The summed E-state index contributed by atoms with van der Waals surface area (Å²) < 4.78 is 23.0. The van der Waals surface area contributed by atoms with Gasteiger partial charge in [0.1, 0.15) is 0 Å². The van der Waals surface area contributed by atoms with E-state index >= 15 is 0 Å². The summed E-state index contributed by atoms with van der Waals surface area (Å²) in [4.78, 5) is 4.28. The summed E-state index contributed by atoms with van der Waals surface area (Å²) in [5.41, 5.74) is 0. The highest BCUT2D eigenvalue weighted by Crippen LogP contribution is 2.22. The van der Waals surface area contributed by atoms with Gasteiger partial charge in [-0.1, -0.05) is 13.3 Å². The molecule has 2 aliphatic rings. The first-order valence-corrected chi connectivity index (χ1v) is 9.64. The van der Waals surface area contributed by atoms with Crippen LogP contribution < -0.4 is 10.6 Å². The lowest BCUT2D eigenvalue weighted by Crippen LogP contribution is -2.49. The number of hydrogen-bond acceptors (Lipinski definition) is 4. The van der Waals surface area contributed by atoms with Crippen molar-refractivity contribution in [2.45, 2.75) is 50.0 Å². The smallest absolute Gasteiger partial charge is 0.191 e. The molecule has 2 N–H and O–H groups in total. The minimum absolute atomic E-state index is 0. The zero-order chi connectivity index (χ0) is 15.8. The van der Waals surface area contributed by atoms with Crippen LogP contribution in [0.5, 0.6) is 0 Å². The Morgan fingerprint density at radius 3 is 2.83 bits per heavy atom. The van der Waals surface area contributed by atoms with Crippen molar-refractivity contribution >= 4 is 40.7 Å². The van der Waals surface area contributed by atoms with Crippen LogP contribution in [0.25, 0.3) is 0 Å². The first kappa shape index (κ1) is 21.1. The van der Waals surface area contributed by atoms with Gasteiger partial charge in [-0.15, -0.1) is 24.0 Å². The van der Waals surface area contributed by atoms with Crippen LogP contribution in [0.3, 0.4) is 0 Å². The largest absolute Gasteiger partial charge is 0.376 e. The van der Waals surface area contributed by atoms with Crippen molar-refractivity contribution in [3.05, 3.63) is 0 Å². The van der Waals surface area contributed by atoms with Gasteiger partial charge in [0.2, 0.25) is 0 Å². The van der Waals surface area contributed by atoms with Crippen molar-refractivity contribution in [3.63, 3.8) is 0 Å². The maximum absolute atomic E-state index is 12.0. The minimum atomic E-state index is -0.695. The van der Waals surface area contributed by atoms with E-state index in [4.69, 9.17) is 9.47 Å². The summed E-state index contributed by atoms with van der Waals surface area (Å²) in [6.07, 6.45) is 4.37. The number of nitrogens with zero attached hydrogens (tertiary/aromatic N) is 1. The molecule has 6 nitrogen and oxygen atoms in total. The Balaban J connectivity index is 0.00000264. The fourth-order valence-electron chi connectivity index (χ4n) is 3.00.